The molecule has 96 valence electrons. The lowest BCUT2D eigenvalue weighted by molar-refractivity contribution is -0.141. The highest BCUT2D eigenvalue weighted by Crippen LogP contribution is 2.47. The molecule has 0 bridgehead atoms. The van der Waals surface area contributed by atoms with Crippen LogP contribution in [0.2, 0.25) is 0 Å². The van der Waals surface area contributed by atoms with E-state index in [-0.39, 0.29) is 17.8 Å². The molecule has 0 aromatic heterocycles. The summed E-state index contributed by atoms with van der Waals surface area (Å²) in [6, 6.07) is 10.1. The molecule has 3 heteroatoms. The number of benzene rings is 1. The first kappa shape index (κ1) is 13.2. The molecule has 0 atom stereocenters. The summed E-state index contributed by atoms with van der Waals surface area (Å²) in [5.74, 6) is 5.43. The van der Waals surface area contributed by atoms with E-state index < -0.39 is 0 Å². The van der Waals surface area contributed by atoms with Gasteiger partial charge < -0.3 is 4.74 Å². The quantitative estimate of drug-likeness (QED) is 0.614. The van der Waals surface area contributed by atoms with Crippen molar-refractivity contribution < 1.29 is 9.53 Å². The summed E-state index contributed by atoms with van der Waals surface area (Å²) in [7, 11) is 0. The maximum Gasteiger partial charge on any atom is 0.317 e. The van der Waals surface area contributed by atoms with Gasteiger partial charge in [0.1, 0.15) is 6.42 Å². The number of hydrogen-bond acceptors (Lipinski definition) is 3. The van der Waals surface area contributed by atoms with Crippen molar-refractivity contribution in [1.29, 1.82) is 5.26 Å². The Bertz CT molecular complexity index is 583. The number of carbonyl (C=O) groups is 1. The highest BCUT2D eigenvalue weighted by atomic mass is 16.5. The van der Waals surface area contributed by atoms with Crippen LogP contribution in [0, 0.1) is 23.2 Å². The molecule has 1 aliphatic rings. The number of hydrogen-bond donors (Lipinski definition) is 0. The van der Waals surface area contributed by atoms with E-state index in [1.54, 1.807) is 6.92 Å². The Balaban J connectivity index is 2.07. The Morgan fingerprint density at radius 1 is 1.47 bits per heavy atom. The lowest BCUT2D eigenvalue weighted by Gasteiger charge is -2.05. The zero-order valence-electron chi connectivity index (χ0n) is 10.9. The van der Waals surface area contributed by atoms with E-state index in [0.717, 1.165) is 24.0 Å². The largest absolute Gasteiger partial charge is 0.465 e. The van der Waals surface area contributed by atoms with Crippen molar-refractivity contribution in [2.75, 3.05) is 6.61 Å². The third-order valence-electron chi connectivity index (χ3n) is 3.15. The fourth-order valence-corrected chi connectivity index (χ4v) is 1.92. The molecule has 19 heavy (non-hydrogen) atoms. The first-order chi connectivity index (χ1) is 9.20. The molecule has 0 amide bonds. The molecule has 1 aromatic carbocycles. The van der Waals surface area contributed by atoms with Gasteiger partial charge in [-0.3, -0.25) is 4.79 Å². The molecule has 0 saturated heterocycles. The first-order valence-corrected chi connectivity index (χ1v) is 6.36. The van der Waals surface area contributed by atoms with E-state index in [1.807, 2.05) is 24.3 Å². The molecule has 1 saturated carbocycles. The minimum absolute atomic E-state index is 0.0987. The van der Waals surface area contributed by atoms with Crippen LogP contribution < -0.4 is 0 Å². The molecular formula is C16H15NO2. The minimum atomic E-state index is -0.304. The molecule has 3 nitrogen and oxygen atoms in total. The van der Waals surface area contributed by atoms with Crippen LogP contribution in [0.1, 0.15) is 37.3 Å². The second kappa shape index (κ2) is 5.59. The lowest BCUT2D eigenvalue weighted by Crippen LogP contribution is -2.02. The van der Waals surface area contributed by atoms with Crippen molar-refractivity contribution >= 4 is 5.97 Å². The van der Waals surface area contributed by atoms with Crippen LogP contribution in [-0.2, 0) is 14.9 Å². The topological polar surface area (TPSA) is 50.1 Å². The Morgan fingerprint density at radius 3 is 2.89 bits per heavy atom. The molecule has 1 aromatic rings. The Labute approximate surface area is 113 Å². The zero-order valence-corrected chi connectivity index (χ0v) is 10.9. The van der Waals surface area contributed by atoms with Crippen molar-refractivity contribution in [3.63, 3.8) is 0 Å². The zero-order chi connectivity index (χ0) is 13.7. The Hall–Kier alpha value is -2.26. The minimum Gasteiger partial charge on any atom is -0.465 e. The van der Waals surface area contributed by atoms with Crippen LogP contribution in [0.3, 0.4) is 0 Å². The van der Waals surface area contributed by atoms with E-state index in [4.69, 9.17) is 10.00 Å². The van der Waals surface area contributed by atoms with Gasteiger partial charge in [-0.15, -0.1) is 0 Å². The standard InChI is InChI=1S/C16H15NO2/c1-2-19-15(18)8-4-6-13-5-3-7-14(11-13)16(12-17)9-10-16/h3,5,7,11H,2,8-10H2,1H3. The summed E-state index contributed by atoms with van der Waals surface area (Å²) >= 11 is 0. The summed E-state index contributed by atoms with van der Waals surface area (Å²) in [5.41, 5.74) is 1.57. The lowest BCUT2D eigenvalue weighted by atomic mass is 9.96. The normalized spacial score (nSPS) is 14.7. The van der Waals surface area contributed by atoms with E-state index in [0.29, 0.717) is 6.61 Å². The Morgan fingerprint density at radius 2 is 2.26 bits per heavy atom. The summed E-state index contributed by atoms with van der Waals surface area (Å²) in [4.78, 5) is 11.1. The third-order valence-corrected chi connectivity index (χ3v) is 3.15. The third kappa shape index (κ3) is 3.14. The van der Waals surface area contributed by atoms with Gasteiger partial charge in [-0.25, -0.2) is 0 Å². The van der Waals surface area contributed by atoms with Crippen molar-refractivity contribution in [1.82, 2.24) is 0 Å². The summed E-state index contributed by atoms with van der Waals surface area (Å²) < 4.78 is 4.80. The maximum absolute atomic E-state index is 11.1. The highest BCUT2D eigenvalue weighted by molar-refractivity contribution is 5.72. The molecule has 0 N–H and O–H groups in total. The highest BCUT2D eigenvalue weighted by Gasteiger charge is 2.44. The smallest absolute Gasteiger partial charge is 0.317 e. The van der Waals surface area contributed by atoms with Gasteiger partial charge >= 0.3 is 5.97 Å². The molecule has 1 aliphatic carbocycles. The predicted octanol–water partition coefficient (Wildman–Crippen LogP) is 2.55. The van der Waals surface area contributed by atoms with Gasteiger partial charge in [0.15, 0.2) is 0 Å². The van der Waals surface area contributed by atoms with E-state index in [9.17, 15) is 4.79 Å². The molecule has 1 fully saturated rings. The fourth-order valence-electron chi connectivity index (χ4n) is 1.92. The number of carbonyl (C=O) groups excluding carboxylic acids is 1. The van der Waals surface area contributed by atoms with E-state index >= 15 is 0 Å². The molecule has 0 aliphatic heterocycles. The van der Waals surface area contributed by atoms with Gasteiger partial charge in [0.25, 0.3) is 0 Å². The van der Waals surface area contributed by atoms with Crippen molar-refractivity contribution in [3.8, 4) is 17.9 Å². The molecule has 0 spiro atoms. The molecule has 0 heterocycles. The van der Waals surface area contributed by atoms with Gasteiger partial charge in [-0.1, -0.05) is 24.0 Å². The summed E-state index contributed by atoms with van der Waals surface area (Å²) in [5, 5.41) is 9.16. The van der Waals surface area contributed by atoms with Crippen molar-refractivity contribution in [2.45, 2.75) is 31.6 Å². The number of rotatable bonds is 3. The number of nitriles is 1. The molecule has 0 radical (unpaired) electrons. The number of nitrogens with zero attached hydrogens (tertiary/aromatic N) is 1. The van der Waals surface area contributed by atoms with Crippen molar-refractivity contribution in [3.05, 3.63) is 35.4 Å². The SMILES string of the molecule is CCOC(=O)CC#Cc1cccc(C2(C#N)CC2)c1. The Kier molecular flexibility index (Phi) is 3.88. The van der Waals surface area contributed by atoms with Gasteiger partial charge in [0, 0.05) is 5.56 Å². The second-order valence-electron chi connectivity index (χ2n) is 4.56. The number of esters is 1. The van der Waals surface area contributed by atoms with Gasteiger partial charge in [-0.05, 0) is 37.5 Å². The fraction of sp³-hybridized carbons (Fsp3) is 0.375. The van der Waals surface area contributed by atoms with E-state index in [1.165, 1.54) is 0 Å². The van der Waals surface area contributed by atoms with Gasteiger partial charge in [0.2, 0.25) is 0 Å². The van der Waals surface area contributed by atoms with Crippen LogP contribution >= 0.6 is 0 Å². The summed E-state index contributed by atoms with van der Waals surface area (Å²) in [6.07, 6.45) is 1.94. The van der Waals surface area contributed by atoms with E-state index in [2.05, 4.69) is 17.9 Å². The van der Waals surface area contributed by atoms with Crippen LogP contribution in [0.15, 0.2) is 24.3 Å². The first-order valence-electron chi connectivity index (χ1n) is 6.36. The number of ether oxygens (including phenoxy) is 1. The maximum atomic E-state index is 11.1. The van der Waals surface area contributed by atoms with Crippen LogP contribution in [-0.4, -0.2) is 12.6 Å². The average Bonchev–Trinajstić information content (AvgIpc) is 3.20. The monoisotopic (exact) mass is 253 g/mol. The van der Waals surface area contributed by atoms with Crippen LogP contribution in [0.5, 0.6) is 0 Å². The average molecular weight is 253 g/mol. The van der Waals surface area contributed by atoms with Gasteiger partial charge in [-0.2, -0.15) is 5.26 Å². The van der Waals surface area contributed by atoms with Crippen LogP contribution in [0.4, 0.5) is 0 Å². The molecule has 0 unspecified atom stereocenters. The predicted molar refractivity (Wildman–Crippen MR) is 71.1 cm³/mol. The second-order valence-corrected chi connectivity index (χ2v) is 4.56. The summed E-state index contributed by atoms with van der Waals surface area (Å²) in [6.45, 7) is 2.15. The molecule has 2 rings (SSSR count). The van der Waals surface area contributed by atoms with Crippen molar-refractivity contribution in [2.24, 2.45) is 0 Å². The van der Waals surface area contributed by atoms with Gasteiger partial charge in [0.05, 0.1) is 18.1 Å². The van der Waals surface area contributed by atoms with Crippen LogP contribution in [0.25, 0.3) is 0 Å². The molecular weight excluding hydrogens is 238 g/mol.